The number of hydrogen-bond donors (Lipinski definition) is 0. The quantitative estimate of drug-likeness (QED) is 0.619. The zero-order valence-corrected chi connectivity index (χ0v) is 17.1. The van der Waals surface area contributed by atoms with Crippen LogP contribution in [0.2, 0.25) is 0 Å². The van der Waals surface area contributed by atoms with Crippen LogP contribution in [0, 0.1) is 0 Å². The summed E-state index contributed by atoms with van der Waals surface area (Å²) in [7, 11) is -0.468. The Morgan fingerprint density at radius 2 is 1.59 bits per heavy atom. The summed E-state index contributed by atoms with van der Waals surface area (Å²) >= 11 is 0. The maximum absolute atomic E-state index is 12.9. The first-order chi connectivity index (χ1) is 12.9. The number of nitrogens with zero attached hydrogens (tertiary/aromatic N) is 1. The van der Waals surface area contributed by atoms with E-state index in [0.717, 1.165) is 11.3 Å². The molecule has 0 saturated heterocycles. The fraction of sp³-hybridized carbons (Fsp3) is 0.400. The highest BCUT2D eigenvalue weighted by Crippen LogP contribution is 2.31. The maximum Gasteiger partial charge on any atom is 0.242 e. The molecule has 7 heteroatoms. The lowest BCUT2D eigenvalue weighted by Crippen LogP contribution is -2.29. The molecule has 0 saturated carbocycles. The van der Waals surface area contributed by atoms with Gasteiger partial charge in [-0.1, -0.05) is 18.2 Å². The van der Waals surface area contributed by atoms with Crippen LogP contribution in [0.5, 0.6) is 17.2 Å². The van der Waals surface area contributed by atoms with Crippen LogP contribution in [0.1, 0.15) is 19.4 Å². The van der Waals surface area contributed by atoms with Crippen LogP contribution in [0.3, 0.4) is 0 Å². The maximum atomic E-state index is 12.9. The fourth-order valence-corrected chi connectivity index (χ4v) is 3.87. The average Bonchev–Trinajstić information content (AvgIpc) is 2.67. The van der Waals surface area contributed by atoms with Gasteiger partial charge in [0.05, 0.1) is 25.2 Å². The van der Waals surface area contributed by atoms with Gasteiger partial charge in [-0.25, -0.2) is 12.7 Å². The third-order valence-electron chi connectivity index (χ3n) is 4.11. The summed E-state index contributed by atoms with van der Waals surface area (Å²) in [4.78, 5) is 0.178. The van der Waals surface area contributed by atoms with Crippen molar-refractivity contribution in [2.75, 3.05) is 33.9 Å². The van der Waals surface area contributed by atoms with Crippen LogP contribution >= 0.6 is 0 Å². The number of benzene rings is 2. The molecule has 0 radical (unpaired) electrons. The molecule has 0 heterocycles. The van der Waals surface area contributed by atoms with E-state index in [1.807, 2.05) is 38.1 Å². The minimum Gasteiger partial charge on any atom is -0.496 e. The second kappa shape index (κ2) is 9.62. The topological polar surface area (TPSA) is 65.1 Å². The van der Waals surface area contributed by atoms with Gasteiger partial charge >= 0.3 is 0 Å². The zero-order chi connectivity index (χ0) is 19.9. The number of methoxy groups -OCH3 is 1. The Hall–Kier alpha value is -2.25. The van der Waals surface area contributed by atoms with E-state index in [-0.39, 0.29) is 4.90 Å². The lowest BCUT2D eigenvalue weighted by molar-refractivity contribution is 0.287. The molecule has 0 bridgehead atoms. The van der Waals surface area contributed by atoms with Crippen molar-refractivity contribution < 1.29 is 22.6 Å². The van der Waals surface area contributed by atoms with Crippen molar-refractivity contribution >= 4 is 10.0 Å². The van der Waals surface area contributed by atoms with Crippen LogP contribution in [0.15, 0.2) is 47.4 Å². The molecule has 2 aromatic carbocycles. The van der Waals surface area contributed by atoms with Crippen LogP contribution in [0.25, 0.3) is 0 Å². The molecule has 0 aliphatic carbocycles. The highest BCUT2D eigenvalue weighted by atomic mass is 32.2. The largest absolute Gasteiger partial charge is 0.496 e. The molecule has 0 fully saturated rings. The highest BCUT2D eigenvalue weighted by Gasteiger charge is 2.23. The minimum absolute atomic E-state index is 0.178. The van der Waals surface area contributed by atoms with Gasteiger partial charge in [0.1, 0.15) is 5.75 Å². The van der Waals surface area contributed by atoms with Gasteiger partial charge in [0.25, 0.3) is 0 Å². The molecule has 27 heavy (non-hydrogen) atoms. The van der Waals surface area contributed by atoms with Crippen molar-refractivity contribution in [3.8, 4) is 17.2 Å². The SMILES string of the molecule is CCOc1ccc(S(=O)(=O)N(C)CCc2ccccc2OC)cc1OCC. The fourth-order valence-electron chi connectivity index (χ4n) is 2.68. The van der Waals surface area contributed by atoms with E-state index >= 15 is 0 Å². The van der Waals surface area contributed by atoms with Crippen LogP contribution in [-0.2, 0) is 16.4 Å². The third kappa shape index (κ3) is 5.14. The molecule has 0 aromatic heterocycles. The van der Waals surface area contributed by atoms with E-state index in [9.17, 15) is 8.42 Å². The number of ether oxygens (including phenoxy) is 3. The second-order valence-corrected chi connectivity index (χ2v) is 7.91. The van der Waals surface area contributed by atoms with Crippen molar-refractivity contribution in [1.82, 2.24) is 4.31 Å². The van der Waals surface area contributed by atoms with Gasteiger partial charge in [-0.3, -0.25) is 0 Å². The summed E-state index contributed by atoms with van der Waals surface area (Å²) in [6.45, 7) is 4.94. The number of sulfonamides is 1. The van der Waals surface area contributed by atoms with Crippen molar-refractivity contribution in [2.24, 2.45) is 0 Å². The van der Waals surface area contributed by atoms with E-state index in [2.05, 4.69) is 0 Å². The van der Waals surface area contributed by atoms with Crippen LogP contribution < -0.4 is 14.2 Å². The molecule has 2 aromatic rings. The second-order valence-electron chi connectivity index (χ2n) is 5.86. The van der Waals surface area contributed by atoms with Crippen molar-refractivity contribution in [1.29, 1.82) is 0 Å². The van der Waals surface area contributed by atoms with Gasteiger partial charge < -0.3 is 14.2 Å². The van der Waals surface area contributed by atoms with E-state index in [1.54, 1.807) is 26.3 Å². The number of hydrogen-bond acceptors (Lipinski definition) is 5. The predicted octanol–water partition coefficient (Wildman–Crippen LogP) is 3.36. The summed E-state index contributed by atoms with van der Waals surface area (Å²) in [5.41, 5.74) is 0.962. The Labute approximate surface area is 161 Å². The summed E-state index contributed by atoms with van der Waals surface area (Å²) < 4.78 is 43.6. The summed E-state index contributed by atoms with van der Waals surface area (Å²) in [5.74, 6) is 1.72. The average molecular weight is 394 g/mol. The Morgan fingerprint density at radius 3 is 2.26 bits per heavy atom. The van der Waals surface area contributed by atoms with E-state index < -0.39 is 10.0 Å². The number of likely N-dealkylation sites (N-methyl/N-ethyl adjacent to an activating group) is 1. The molecule has 0 aliphatic heterocycles. The molecule has 0 atom stereocenters. The van der Waals surface area contributed by atoms with Gasteiger partial charge in [-0.2, -0.15) is 0 Å². The molecule has 148 valence electrons. The number of rotatable bonds is 10. The van der Waals surface area contributed by atoms with E-state index in [4.69, 9.17) is 14.2 Å². The molecule has 2 rings (SSSR count). The first-order valence-corrected chi connectivity index (χ1v) is 10.4. The standard InChI is InChI=1S/C20H27NO5S/c1-5-25-19-12-11-17(15-20(19)26-6-2)27(22,23)21(3)14-13-16-9-7-8-10-18(16)24-4/h7-12,15H,5-6,13-14H2,1-4H3. The zero-order valence-electron chi connectivity index (χ0n) is 16.3. The molecular weight excluding hydrogens is 366 g/mol. The van der Waals surface area contributed by atoms with Crippen molar-refractivity contribution in [3.05, 3.63) is 48.0 Å². The van der Waals surface area contributed by atoms with Crippen LogP contribution in [-0.4, -0.2) is 46.6 Å². The third-order valence-corrected chi connectivity index (χ3v) is 5.96. The molecule has 0 amide bonds. The summed E-state index contributed by atoms with van der Waals surface area (Å²) in [5, 5.41) is 0. The van der Waals surface area contributed by atoms with E-state index in [0.29, 0.717) is 37.7 Å². The van der Waals surface area contributed by atoms with Gasteiger partial charge in [0.15, 0.2) is 11.5 Å². The molecule has 0 N–H and O–H groups in total. The Morgan fingerprint density at radius 1 is 0.926 bits per heavy atom. The molecule has 6 nitrogen and oxygen atoms in total. The smallest absolute Gasteiger partial charge is 0.242 e. The summed E-state index contributed by atoms with van der Waals surface area (Å²) in [6.07, 6.45) is 0.551. The Balaban J connectivity index is 2.20. The normalized spacial score (nSPS) is 11.4. The molecule has 0 spiro atoms. The molecular formula is C20H27NO5S. The Bertz CT molecular complexity index is 851. The highest BCUT2D eigenvalue weighted by molar-refractivity contribution is 7.89. The molecule has 0 unspecified atom stereocenters. The lowest BCUT2D eigenvalue weighted by Gasteiger charge is -2.19. The Kier molecular flexibility index (Phi) is 7.50. The first-order valence-electron chi connectivity index (χ1n) is 8.91. The predicted molar refractivity (Wildman–Crippen MR) is 105 cm³/mol. The van der Waals surface area contributed by atoms with Crippen molar-refractivity contribution in [2.45, 2.75) is 25.2 Å². The van der Waals surface area contributed by atoms with Gasteiger partial charge in [0.2, 0.25) is 10.0 Å². The van der Waals surface area contributed by atoms with Gasteiger partial charge in [-0.15, -0.1) is 0 Å². The lowest BCUT2D eigenvalue weighted by atomic mass is 10.1. The first kappa shape index (κ1) is 21.1. The minimum atomic E-state index is -3.64. The number of para-hydroxylation sites is 1. The van der Waals surface area contributed by atoms with Crippen molar-refractivity contribution in [3.63, 3.8) is 0 Å². The molecule has 0 aliphatic rings. The summed E-state index contributed by atoms with van der Waals surface area (Å²) in [6, 6.07) is 12.3. The van der Waals surface area contributed by atoms with Gasteiger partial charge in [0, 0.05) is 19.7 Å². The van der Waals surface area contributed by atoms with Gasteiger partial charge in [-0.05, 0) is 44.0 Å². The van der Waals surface area contributed by atoms with Crippen LogP contribution in [0.4, 0.5) is 0 Å². The monoisotopic (exact) mass is 393 g/mol. The van der Waals surface area contributed by atoms with E-state index in [1.165, 1.54) is 10.4 Å².